The lowest BCUT2D eigenvalue weighted by Crippen LogP contribution is -2.44. The number of benzene rings is 1. The maximum atomic E-state index is 12.2. The minimum atomic E-state index is -0.784. The van der Waals surface area contributed by atoms with Crippen molar-refractivity contribution in [2.45, 2.75) is 25.2 Å². The zero-order valence-electron chi connectivity index (χ0n) is 11.7. The van der Waals surface area contributed by atoms with Crippen molar-refractivity contribution in [2.75, 3.05) is 19.8 Å². The predicted octanol–water partition coefficient (Wildman–Crippen LogP) is 2.44. The summed E-state index contributed by atoms with van der Waals surface area (Å²) in [5.74, 6) is -1.21. The normalized spacial score (nSPS) is 18.8. The van der Waals surface area contributed by atoms with Crippen LogP contribution in [0.1, 0.15) is 25.3 Å². The summed E-state index contributed by atoms with van der Waals surface area (Å²) < 4.78 is 10.5. The van der Waals surface area contributed by atoms with Crippen molar-refractivity contribution >= 4 is 5.97 Å². The third-order valence-corrected chi connectivity index (χ3v) is 3.94. The molecular weight excluding hydrogens is 254 g/mol. The van der Waals surface area contributed by atoms with Gasteiger partial charge in [0.15, 0.2) is 5.92 Å². The van der Waals surface area contributed by atoms with Crippen molar-refractivity contribution in [3.8, 4) is 6.07 Å². The molecule has 4 nitrogen and oxygen atoms in total. The third kappa shape index (κ3) is 2.68. The molecular formula is C16H19NO3. The molecule has 1 fully saturated rings. The minimum absolute atomic E-state index is 0.290. The Labute approximate surface area is 119 Å². The van der Waals surface area contributed by atoms with Gasteiger partial charge in [-0.1, -0.05) is 30.3 Å². The van der Waals surface area contributed by atoms with Gasteiger partial charge in [0.2, 0.25) is 0 Å². The van der Waals surface area contributed by atoms with Crippen LogP contribution in [-0.2, 0) is 19.7 Å². The number of hydrogen-bond donors (Lipinski definition) is 0. The number of ether oxygens (including phenoxy) is 2. The molecule has 0 radical (unpaired) electrons. The molecule has 1 saturated heterocycles. The zero-order chi connectivity index (χ0) is 14.4. The van der Waals surface area contributed by atoms with Crippen molar-refractivity contribution in [2.24, 2.45) is 5.92 Å². The molecule has 0 saturated carbocycles. The Balaban J connectivity index is 2.41. The summed E-state index contributed by atoms with van der Waals surface area (Å²) in [5, 5.41) is 9.51. The monoisotopic (exact) mass is 273 g/mol. The molecule has 1 aliphatic rings. The molecule has 0 amide bonds. The van der Waals surface area contributed by atoms with Gasteiger partial charge in [0.25, 0.3) is 0 Å². The molecule has 1 unspecified atom stereocenters. The molecule has 20 heavy (non-hydrogen) atoms. The van der Waals surface area contributed by atoms with Crippen LogP contribution in [-0.4, -0.2) is 25.8 Å². The summed E-state index contributed by atoms with van der Waals surface area (Å²) >= 11 is 0. The molecule has 1 atom stereocenters. The van der Waals surface area contributed by atoms with E-state index >= 15 is 0 Å². The molecule has 1 aliphatic heterocycles. The van der Waals surface area contributed by atoms with E-state index in [0.29, 0.717) is 32.7 Å². The summed E-state index contributed by atoms with van der Waals surface area (Å²) in [5.41, 5.74) is 0.517. The fourth-order valence-corrected chi connectivity index (χ4v) is 2.88. The summed E-state index contributed by atoms with van der Waals surface area (Å²) in [7, 11) is 0. The number of hydrogen-bond acceptors (Lipinski definition) is 4. The molecule has 0 N–H and O–H groups in total. The highest BCUT2D eigenvalue weighted by Gasteiger charge is 2.46. The van der Waals surface area contributed by atoms with E-state index in [9.17, 15) is 10.1 Å². The lowest BCUT2D eigenvalue weighted by Gasteiger charge is -2.39. The summed E-state index contributed by atoms with van der Waals surface area (Å²) in [6.45, 7) is 3.17. The fraction of sp³-hybridized carbons (Fsp3) is 0.500. The Morgan fingerprint density at radius 3 is 2.60 bits per heavy atom. The molecule has 0 bridgehead atoms. The van der Waals surface area contributed by atoms with Crippen LogP contribution in [0.3, 0.4) is 0 Å². The number of carbonyl (C=O) groups excluding carboxylic acids is 1. The average Bonchev–Trinajstić information content (AvgIpc) is 2.50. The zero-order valence-corrected chi connectivity index (χ0v) is 11.7. The van der Waals surface area contributed by atoms with Crippen molar-refractivity contribution in [1.29, 1.82) is 5.26 Å². The molecule has 106 valence electrons. The van der Waals surface area contributed by atoms with Gasteiger partial charge in [0, 0.05) is 18.6 Å². The van der Waals surface area contributed by atoms with Crippen LogP contribution in [0.2, 0.25) is 0 Å². The Hall–Kier alpha value is -1.86. The van der Waals surface area contributed by atoms with Gasteiger partial charge in [-0.15, -0.1) is 0 Å². The number of rotatable bonds is 4. The molecule has 1 aromatic rings. The SMILES string of the molecule is CCOC(=O)C(C#N)C1(c2ccccc2)CCOCC1. The Bertz CT molecular complexity index is 486. The van der Waals surface area contributed by atoms with Crippen LogP contribution in [0.25, 0.3) is 0 Å². The Morgan fingerprint density at radius 2 is 2.05 bits per heavy atom. The van der Waals surface area contributed by atoms with Gasteiger partial charge in [0.1, 0.15) is 0 Å². The quantitative estimate of drug-likeness (QED) is 0.791. The van der Waals surface area contributed by atoms with Crippen molar-refractivity contribution in [3.05, 3.63) is 35.9 Å². The molecule has 0 spiro atoms. The van der Waals surface area contributed by atoms with Gasteiger partial charge in [-0.2, -0.15) is 5.26 Å². The van der Waals surface area contributed by atoms with E-state index in [1.54, 1.807) is 6.92 Å². The largest absolute Gasteiger partial charge is 0.465 e. The highest BCUT2D eigenvalue weighted by atomic mass is 16.5. The first-order chi connectivity index (χ1) is 9.74. The molecule has 1 heterocycles. The number of nitriles is 1. The van der Waals surface area contributed by atoms with Crippen LogP contribution in [0.15, 0.2) is 30.3 Å². The van der Waals surface area contributed by atoms with Gasteiger partial charge < -0.3 is 9.47 Å². The van der Waals surface area contributed by atoms with Gasteiger partial charge >= 0.3 is 5.97 Å². The second kappa shape index (κ2) is 6.53. The van der Waals surface area contributed by atoms with Crippen LogP contribution in [0.4, 0.5) is 0 Å². The maximum Gasteiger partial charge on any atom is 0.324 e. The molecule has 2 rings (SSSR count). The molecule has 1 aromatic carbocycles. The predicted molar refractivity (Wildman–Crippen MR) is 73.9 cm³/mol. The van der Waals surface area contributed by atoms with E-state index in [2.05, 4.69) is 6.07 Å². The van der Waals surface area contributed by atoms with Crippen molar-refractivity contribution in [3.63, 3.8) is 0 Å². The summed E-state index contributed by atoms with van der Waals surface area (Å²) in [6, 6.07) is 11.9. The third-order valence-electron chi connectivity index (χ3n) is 3.94. The smallest absolute Gasteiger partial charge is 0.324 e. The van der Waals surface area contributed by atoms with Gasteiger partial charge in [-0.3, -0.25) is 4.79 Å². The van der Waals surface area contributed by atoms with E-state index < -0.39 is 17.3 Å². The molecule has 0 aromatic heterocycles. The second-order valence-corrected chi connectivity index (χ2v) is 4.95. The van der Waals surface area contributed by atoms with Crippen molar-refractivity contribution in [1.82, 2.24) is 0 Å². The fourth-order valence-electron chi connectivity index (χ4n) is 2.88. The highest BCUT2D eigenvalue weighted by Crippen LogP contribution is 2.41. The minimum Gasteiger partial charge on any atom is -0.465 e. The van der Waals surface area contributed by atoms with Crippen LogP contribution in [0, 0.1) is 17.2 Å². The average molecular weight is 273 g/mol. The maximum absolute atomic E-state index is 12.2. The first-order valence-corrected chi connectivity index (χ1v) is 6.94. The van der Waals surface area contributed by atoms with Gasteiger partial charge in [-0.25, -0.2) is 0 Å². The topological polar surface area (TPSA) is 59.3 Å². The number of esters is 1. The van der Waals surface area contributed by atoms with Gasteiger partial charge in [0.05, 0.1) is 12.7 Å². The highest BCUT2D eigenvalue weighted by molar-refractivity contribution is 5.77. The van der Waals surface area contributed by atoms with E-state index in [0.717, 1.165) is 5.56 Å². The van der Waals surface area contributed by atoms with E-state index in [1.807, 2.05) is 30.3 Å². The standard InChI is InChI=1S/C16H19NO3/c1-2-20-15(18)14(12-17)16(8-10-19-11-9-16)13-6-4-3-5-7-13/h3-7,14H,2,8-11H2,1H3. The number of nitrogens with zero attached hydrogens (tertiary/aromatic N) is 1. The van der Waals surface area contributed by atoms with Crippen LogP contribution < -0.4 is 0 Å². The number of carbonyl (C=O) groups is 1. The molecule has 0 aliphatic carbocycles. The lowest BCUT2D eigenvalue weighted by atomic mass is 9.66. The van der Waals surface area contributed by atoms with E-state index in [4.69, 9.17) is 9.47 Å². The molecule has 4 heteroatoms. The van der Waals surface area contributed by atoms with Gasteiger partial charge in [-0.05, 0) is 25.3 Å². The first kappa shape index (κ1) is 14.5. The second-order valence-electron chi connectivity index (χ2n) is 4.95. The lowest BCUT2D eigenvalue weighted by molar-refractivity contribution is -0.149. The Kier molecular flexibility index (Phi) is 4.75. The van der Waals surface area contributed by atoms with Crippen LogP contribution in [0.5, 0.6) is 0 Å². The summed E-state index contributed by atoms with van der Waals surface area (Å²) in [6.07, 6.45) is 1.32. The van der Waals surface area contributed by atoms with E-state index in [1.165, 1.54) is 0 Å². The van der Waals surface area contributed by atoms with E-state index in [-0.39, 0.29) is 0 Å². The first-order valence-electron chi connectivity index (χ1n) is 6.94. The summed E-state index contributed by atoms with van der Waals surface area (Å²) in [4.78, 5) is 12.2. The van der Waals surface area contributed by atoms with Crippen molar-refractivity contribution < 1.29 is 14.3 Å². The van der Waals surface area contributed by atoms with Crippen LogP contribution >= 0.6 is 0 Å². The Morgan fingerprint density at radius 1 is 1.40 bits per heavy atom.